The highest BCUT2D eigenvalue weighted by atomic mass is 35.5. The smallest absolute Gasteiger partial charge is 0.156 e. The van der Waals surface area contributed by atoms with Gasteiger partial charge in [-0.05, 0) is 6.04 Å². The summed E-state index contributed by atoms with van der Waals surface area (Å²) >= 11 is 11.3. The maximum Gasteiger partial charge on any atom is 0.156 e. The van der Waals surface area contributed by atoms with Gasteiger partial charge in [0.05, 0.1) is 16.5 Å². The molecule has 2 rings (SSSR count). The molecule has 0 atom stereocenters. The van der Waals surface area contributed by atoms with E-state index in [2.05, 4.69) is 10.1 Å². The molecular formula is C6H3Cl2N3. The van der Waals surface area contributed by atoms with Crippen LogP contribution in [-0.2, 0) is 0 Å². The quantitative estimate of drug-likeness (QED) is 0.637. The number of aromatic nitrogens is 3. The molecule has 0 spiro atoms. The summed E-state index contributed by atoms with van der Waals surface area (Å²) in [5, 5.41) is 3.50. The van der Waals surface area contributed by atoms with Crippen LogP contribution in [0, 0.1) is 0 Å². The fourth-order valence-corrected chi connectivity index (χ4v) is 1.12. The first-order chi connectivity index (χ1) is 6.52. The van der Waals surface area contributed by atoms with Gasteiger partial charge < -0.3 is 0 Å². The average molecular weight is 191 g/mol. The molecule has 0 aliphatic heterocycles. The Morgan fingerprint density at radius 3 is 3.18 bits per heavy atom. The Hall–Kier alpha value is -0.800. The summed E-state index contributed by atoms with van der Waals surface area (Å²) in [5.74, 6) is 0. The van der Waals surface area contributed by atoms with E-state index in [4.69, 9.17) is 27.3 Å². The van der Waals surface area contributed by atoms with Crippen molar-refractivity contribution in [2.75, 3.05) is 0 Å². The molecule has 0 bridgehead atoms. The first-order valence-electron chi connectivity index (χ1n) is 4.20. The van der Waals surface area contributed by atoms with Gasteiger partial charge in [0.25, 0.3) is 0 Å². The van der Waals surface area contributed by atoms with Crippen LogP contribution in [-0.4, -0.2) is 14.6 Å². The second kappa shape index (κ2) is 2.36. The lowest BCUT2D eigenvalue weighted by Crippen LogP contribution is -1.89. The maximum atomic E-state index is 7.48. The third kappa shape index (κ3) is 1.06. The fourth-order valence-electron chi connectivity index (χ4n) is 0.702. The van der Waals surface area contributed by atoms with Crippen molar-refractivity contribution in [3.05, 3.63) is 28.7 Å². The Bertz CT molecular complexity index is 525. The monoisotopic (exact) mass is 190 g/mol. The molecule has 0 aliphatic carbocycles. The van der Waals surface area contributed by atoms with Crippen LogP contribution in [0.2, 0.25) is 10.3 Å². The van der Waals surface area contributed by atoms with Crippen molar-refractivity contribution in [3.63, 3.8) is 0 Å². The SMILES string of the molecule is [2H]c1nn2c([2H])c(Cl)nc(Cl)c2c1[2H]. The van der Waals surface area contributed by atoms with E-state index < -0.39 is 0 Å². The third-order valence-corrected chi connectivity index (χ3v) is 1.56. The summed E-state index contributed by atoms with van der Waals surface area (Å²) in [6.07, 6.45) is -0.442. The number of nitrogens with zero attached hydrogens (tertiary/aromatic N) is 3. The molecule has 2 aromatic rings. The normalized spacial score (nSPS) is 14.5. The first kappa shape index (κ1) is 4.28. The van der Waals surface area contributed by atoms with E-state index >= 15 is 0 Å². The Labute approximate surface area is 76.8 Å². The van der Waals surface area contributed by atoms with Crippen LogP contribution in [0.3, 0.4) is 0 Å². The summed E-state index contributed by atoms with van der Waals surface area (Å²) in [5.41, 5.74) is 0.131. The Morgan fingerprint density at radius 1 is 1.55 bits per heavy atom. The number of hydrogen-bond donors (Lipinski definition) is 0. The summed E-state index contributed by atoms with van der Waals surface area (Å²) in [6.45, 7) is 0. The van der Waals surface area contributed by atoms with Crippen molar-refractivity contribution in [1.82, 2.24) is 14.6 Å². The molecule has 56 valence electrons. The van der Waals surface area contributed by atoms with Gasteiger partial charge in [-0.3, -0.25) is 0 Å². The lowest BCUT2D eigenvalue weighted by molar-refractivity contribution is 0.946. The van der Waals surface area contributed by atoms with Gasteiger partial charge in [-0.2, -0.15) is 5.10 Å². The largest absolute Gasteiger partial charge is 0.235 e. The molecule has 0 amide bonds. The molecule has 0 saturated carbocycles. The van der Waals surface area contributed by atoms with Crippen molar-refractivity contribution in [1.29, 1.82) is 0 Å². The van der Waals surface area contributed by atoms with Crippen molar-refractivity contribution < 1.29 is 4.11 Å². The molecule has 11 heavy (non-hydrogen) atoms. The van der Waals surface area contributed by atoms with Gasteiger partial charge in [-0.15, -0.1) is 0 Å². The predicted molar refractivity (Wildman–Crippen MR) is 43.0 cm³/mol. The minimum atomic E-state index is -0.260. The molecule has 0 radical (unpaired) electrons. The van der Waals surface area contributed by atoms with Crippen molar-refractivity contribution >= 4 is 28.7 Å². The molecular weight excluding hydrogens is 185 g/mol. The van der Waals surface area contributed by atoms with E-state index in [1.165, 1.54) is 0 Å². The van der Waals surface area contributed by atoms with E-state index in [0.717, 1.165) is 4.52 Å². The standard InChI is InChI=1S/C6H3Cl2N3/c7-5-3-11-4(1-2-9-11)6(8)10-5/h1-3H/i1D,2D,3D. The van der Waals surface area contributed by atoms with Crippen LogP contribution >= 0.6 is 23.2 Å². The van der Waals surface area contributed by atoms with E-state index in [-0.39, 0.29) is 34.2 Å². The molecule has 0 unspecified atom stereocenters. The predicted octanol–water partition coefficient (Wildman–Crippen LogP) is 2.04. The van der Waals surface area contributed by atoms with Gasteiger partial charge >= 0.3 is 0 Å². The number of hydrogen-bond acceptors (Lipinski definition) is 2. The highest BCUT2D eigenvalue weighted by molar-refractivity contribution is 6.34. The van der Waals surface area contributed by atoms with Crippen LogP contribution < -0.4 is 0 Å². The lowest BCUT2D eigenvalue weighted by atomic mass is 10.5. The van der Waals surface area contributed by atoms with E-state index in [0.29, 0.717) is 0 Å². The summed E-state index contributed by atoms with van der Waals surface area (Å²) in [4.78, 5) is 3.65. The molecule has 0 saturated heterocycles. The average Bonchev–Trinajstić information content (AvgIpc) is 2.40. The van der Waals surface area contributed by atoms with Crippen LogP contribution in [0.25, 0.3) is 5.52 Å². The van der Waals surface area contributed by atoms with Crippen LogP contribution in [0.15, 0.2) is 18.4 Å². The molecule has 3 nitrogen and oxygen atoms in total. The third-order valence-electron chi connectivity index (χ3n) is 1.13. The number of fused-ring (bicyclic) bond motifs is 1. The van der Waals surface area contributed by atoms with E-state index in [1.54, 1.807) is 0 Å². The molecule has 0 aliphatic rings. The van der Waals surface area contributed by atoms with Crippen molar-refractivity contribution in [2.24, 2.45) is 0 Å². The van der Waals surface area contributed by atoms with Gasteiger partial charge in [-0.1, -0.05) is 23.2 Å². The highest BCUT2D eigenvalue weighted by Crippen LogP contribution is 2.16. The maximum absolute atomic E-state index is 7.48. The molecule has 5 heteroatoms. The lowest BCUT2D eigenvalue weighted by Gasteiger charge is -1.94. The van der Waals surface area contributed by atoms with Gasteiger partial charge in [0.15, 0.2) is 5.15 Å². The van der Waals surface area contributed by atoms with Gasteiger partial charge in [0.1, 0.15) is 10.7 Å². The minimum absolute atomic E-state index is 0.0259. The summed E-state index contributed by atoms with van der Waals surface area (Å²) in [6, 6.07) is -0.160. The van der Waals surface area contributed by atoms with Gasteiger partial charge in [0.2, 0.25) is 0 Å². The van der Waals surface area contributed by atoms with Crippen molar-refractivity contribution in [2.45, 2.75) is 0 Å². The Kier molecular flexibility index (Phi) is 0.917. The summed E-state index contributed by atoms with van der Waals surface area (Å²) < 4.78 is 23.2. The molecule has 2 aromatic heterocycles. The highest BCUT2D eigenvalue weighted by Gasteiger charge is 2.01. The molecule has 0 aromatic carbocycles. The second-order valence-corrected chi connectivity index (χ2v) is 2.52. The second-order valence-electron chi connectivity index (χ2n) is 1.80. The van der Waals surface area contributed by atoms with Crippen molar-refractivity contribution in [3.8, 4) is 0 Å². The van der Waals surface area contributed by atoms with Crippen LogP contribution in [0.4, 0.5) is 0 Å². The Morgan fingerprint density at radius 2 is 2.36 bits per heavy atom. The number of halogens is 2. The fraction of sp³-hybridized carbons (Fsp3) is 0. The van der Waals surface area contributed by atoms with Crippen LogP contribution in [0.1, 0.15) is 4.11 Å². The first-order valence-corrected chi connectivity index (χ1v) is 3.45. The minimum Gasteiger partial charge on any atom is -0.235 e. The molecule has 2 heterocycles. The van der Waals surface area contributed by atoms with E-state index in [1.807, 2.05) is 0 Å². The number of rotatable bonds is 0. The van der Waals surface area contributed by atoms with Gasteiger partial charge in [-0.25, -0.2) is 9.50 Å². The molecule has 0 N–H and O–H groups in total. The Balaban J connectivity index is 3.02. The zero-order valence-electron chi connectivity index (χ0n) is 8.10. The summed E-state index contributed by atoms with van der Waals surface area (Å²) in [7, 11) is 0. The topological polar surface area (TPSA) is 30.2 Å². The zero-order chi connectivity index (χ0) is 10.5. The molecule has 0 fully saturated rings. The van der Waals surface area contributed by atoms with Crippen LogP contribution in [0.5, 0.6) is 0 Å². The van der Waals surface area contributed by atoms with E-state index in [9.17, 15) is 0 Å². The van der Waals surface area contributed by atoms with Gasteiger partial charge in [0, 0.05) is 0 Å². The zero-order valence-corrected chi connectivity index (χ0v) is 6.61.